The Hall–Kier alpha value is -1.97. The van der Waals surface area contributed by atoms with Crippen molar-refractivity contribution >= 4 is 23.2 Å². The maximum absolute atomic E-state index is 10.5. The Morgan fingerprint density at radius 2 is 1.31 bits per heavy atom. The number of hydrogen-bond acceptors (Lipinski definition) is 3. The molecule has 1 amide bonds. The first-order chi connectivity index (χ1) is 7.43. The van der Waals surface area contributed by atoms with Crippen LogP contribution in [0.2, 0.25) is 0 Å². The van der Waals surface area contributed by atoms with E-state index in [2.05, 4.69) is 5.32 Å². The predicted molar refractivity (Wildman–Crippen MR) is 62.1 cm³/mol. The van der Waals surface area contributed by atoms with Crippen molar-refractivity contribution < 1.29 is 14.4 Å². The van der Waals surface area contributed by atoms with E-state index in [0.717, 1.165) is 5.69 Å². The van der Waals surface area contributed by atoms with E-state index < -0.39 is 0 Å². The summed E-state index contributed by atoms with van der Waals surface area (Å²) in [5, 5.41) is 2.67. The highest BCUT2D eigenvalue weighted by Crippen LogP contribution is 2.03. The van der Waals surface area contributed by atoms with Gasteiger partial charge in [-0.25, -0.2) is 0 Å². The van der Waals surface area contributed by atoms with Crippen molar-refractivity contribution in [3.8, 4) is 0 Å². The molecule has 0 saturated carbocycles. The van der Waals surface area contributed by atoms with Crippen molar-refractivity contribution in [2.24, 2.45) is 0 Å². The van der Waals surface area contributed by atoms with E-state index in [9.17, 15) is 14.4 Å². The minimum atomic E-state index is -0.380. The minimum Gasteiger partial charge on any atom is -0.326 e. The quantitative estimate of drug-likeness (QED) is 0.774. The molecular formula is C12H15NO3. The third-order valence-electron chi connectivity index (χ3n) is 1.59. The number of carbonyl (C=O) groups excluding carboxylic acids is 3. The van der Waals surface area contributed by atoms with Gasteiger partial charge < -0.3 is 5.32 Å². The van der Waals surface area contributed by atoms with Crippen molar-refractivity contribution in [2.45, 2.75) is 20.8 Å². The largest absolute Gasteiger partial charge is 0.326 e. The van der Waals surface area contributed by atoms with Crippen LogP contribution in [0.15, 0.2) is 30.3 Å². The fourth-order valence-corrected chi connectivity index (χ4v) is 0.725. The van der Waals surface area contributed by atoms with E-state index in [1.54, 1.807) is 0 Å². The van der Waals surface area contributed by atoms with Crippen molar-refractivity contribution in [3.63, 3.8) is 0 Å². The molecule has 4 nitrogen and oxygen atoms in total. The van der Waals surface area contributed by atoms with Gasteiger partial charge in [-0.3, -0.25) is 14.4 Å². The van der Waals surface area contributed by atoms with Crippen LogP contribution in [-0.4, -0.2) is 17.5 Å². The van der Waals surface area contributed by atoms with Gasteiger partial charge in [0.1, 0.15) is 0 Å². The molecule has 0 spiro atoms. The summed E-state index contributed by atoms with van der Waals surface area (Å²) in [6.07, 6.45) is 0. The molecule has 16 heavy (non-hydrogen) atoms. The molecule has 1 aromatic rings. The third kappa shape index (κ3) is 7.44. The SMILES string of the molecule is CC(=O)C(C)=O.CC(=O)Nc1ccccc1. The molecule has 0 aromatic heterocycles. The van der Waals surface area contributed by atoms with Crippen LogP contribution in [-0.2, 0) is 14.4 Å². The average molecular weight is 221 g/mol. The first kappa shape index (κ1) is 14.0. The molecular weight excluding hydrogens is 206 g/mol. The zero-order valence-corrected chi connectivity index (χ0v) is 9.61. The van der Waals surface area contributed by atoms with Gasteiger partial charge in [-0.05, 0) is 12.1 Å². The van der Waals surface area contributed by atoms with Crippen LogP contribution >= 0.6 is 0 Å². The van der Waals surface area contributed by atoms with E-state index in [4.69, 9.17) is 0 Å². The lowest BCUT2D eigenvalue weighted by atomic mass is 10.3. The Morgan fingerprint density at radius 1 is 0.875 bits per heavy atom. The van der Waals surface area contributed by atoms with Gasteiger partial charge in [-0.15, -0.1) is 0 Å². The average Bonchev–Trinajstić information content (AvgIpc) is 2.19. The molecule has 0 heterocycles. The van der Waals surface area contributed by atoms with E-state index in [-0.39, 0.29) is 17.5 Å². The van der Waals surface area contributed by atoms with E-state index in [1.807, 2.05) is 30.3 Å². The highest BCUT2D eigenvalue weighted by atomic mass is 16.2. The normalized spacial score (nSPS) is 8.44. The molecule has 1 N–H and O–H groups in total. The molecule has 0 aliphatic carbocycles. The first-order valence-electron chi connectivity index (χ1n) is 4.77. The van der Waals surface area contributed by atoms with Gasteiger partial charge in [0.15, 0.2) is 11.6 Å². The molecule has 4 heteroatoms. The van der Waals surface area contributed by atoms with E-state index in [0.29, 0.717) is 0 Å². The third-order valence-corrected chi connectivity index (χ3v) is 1.59. The number of anilines is 1. The number of benzene rings is 1. The summed E-state index contributed by atoms with van der Waals surface area (Å²) < 4.78 is 0. The Morgan fingerprint density at radius 3 is 1.62 bits per heavy atom. The Bertz CT molecular complexity index is 359. The highest BCUT2D eigenvalue weighted by Gasteiger charge is 1.94. The van der Waals surface area contributed by atoms with Crippen LogP contribution in [0.1, 0.15) is 20.8 Å². The summed E-state index contributed by atoms with van der Waals surface area (Å²) in [6.45, 7) is 4.00. The van der Waals surface area contributed by atoms with Gasteiger partial charge in [0.25, 0.3) is 0 Å². The number of carbonyl (C=O) groups is 3. The predicted octanol–water partition coefficient (Wildman–Crippen LogP) is 1.81. The number of amides is 1. The fraction of sp³-hybridized carbons (Fsp3) is 0.250. The monoisotopic (exact) mass is 221 g/mol. The topological polar surface area (TPSA) is 63.2 Å². The first-order valence-corrected chi connectivity index (χ1v) is 4.77. The number of nitrogens with one attached hydrogen (secondary N) is 1. The van der Waals surface area contributed by atoms with Crippen LogP contribution in [0.4, 0.5) is 5.69 Å². The van der Waals surface area contributed by atoms with Crippen LogP contribution in [0.3, 0.4) is 0 Å². The summed E-state index contributed by atoms with van der Waals surface area (Å²) in [4.78, 5) is 30.1. The maximum Gasteiger partial charge on any atom is 0.221 e. The summed E-state index contributed by atoms with van der Waals surface area (Å²) in [5.41, 5.74) is 0.843. The zero-order chi connectivity index (χ0) is 12.6. The van der Waals surface area contributed by atoms with Gasteiger partial charge in [0, 0.05) is 26.5 Å². The lowest BCUT2D eigenvalue weighted by Gasteiger charge is -1.98. The van der Waals surface area contributed by atoms with Gasteiger partial charge in [0.05, 0.1) is 0 Å². The molecule has 0 aliphatic heterocycles. The second kappa shape index (κ2) is 7.34. The number of rotatable bonds is 2. The fourth-order valence-electron chi connectivity index (χ4n) is 0.725. The molecule has 0 saturated heterocycles. The lowest BCUT2D eigenvalue weighted by molar-refractivity contribution is -0.134. The second-order valence-electron chi connectivity index (χ2n) is 3.16. The summed E-state index contributed by atoms with van der Waals surface area (Å²) in [7, 11) is 0. The Balaban J connectivity index is 0.000000325. The molecule has 1 rings (SSSR count). The maximum atomic E-state index is 10.5. The highest BCUT2D eigenvalue weighted by molar-refractivity contribution is 6.35. The molecule has 0 unspecified atom stereocenters. The smallest absolute Gasteiger partial charge is 0.221 e. The van der Waals surface area contributed by atoms with Crippen molar-refractivity contribution in [2.75, 3.05) is 5.32 Å². The summed E-state index contributed by atoms with van der Waals surface area (Å²) >= 11 is 0. The standard InChI is InChI=1S/C8H9NO.C4H6O2/c1-7(10)9-8-5-3-2-4-6-8;1-3(5)4(2)6/h2-6H,1H3,(H,9,10);1-2H3. The van der Waals surface area contributed by atoms with E-state index >= 15 is 0 Å². The number of para-hydroxylation sites is 1. The van der Waals surface area contributed by atoms with Crippen LogP contribution in [0, 0.1) is 0 Å². The Kier molecular flexibility index (Phi) is 6.43. The Labute approximate surface area is 94.7 Å². The number of hydrogen-bond donors (Lipinski definition) is 1. The zero-order valence-electron chi connectivity index (χ0n) is 9.61. The number of Topliss-reactive ketones (excluding diaryl/α,β-unsaturated/α-hetero) is 2. The van der Waals surface area contributed by atoms with E-state index in [1.165, 1.54) is 20.8 Å². The lowest BCUT2D eigenvalue weighted by Crippen LogP contribution is -2.04. The molecule has 86 valence electrons. The molecule has 1 aromatic carbocycles. The summed E-state index contributed by atoms with van der Waals surface area (Å²) in [6, 6.07) is 9.37. The number of ketones is 2. The minimum absolute atomic E-state index is 0.0359. The van der Waals surface area contributed by atoms with Crippen molar-refractivity contribution in [3.05, 3.63) is 30.3 Å². The van der Waals surface area contributed by atoms with Crippen molar-refractivity contribution in [1.29, 1.82) is 0 Å². The van der Waals surface area contributed by atoms with Gasteiger partial charge in [0.2, 0.25) is 5.91 Å². The van der Waals surface area contributed by atoms with Crippen molar-refractivity contribution in [1.82, 2.24) is 0 Å². The second-order valence-corrected chi connectivity index (χ2v) is 3.16. The van der Waals surface area contributed by atoms with Crippen LogP contribution in [0.25, 0.3) is 0 Å². The summed E-state index contributed by atoms with van der Waals surface area (Å²) in [5.74, 6) is -0.795. The molecule has 0 atom stereocenters. The van der Waals surface area contributed by atoms with Crippen LogP contribution < -0.4 is 5.32 Å². The molecule has 0 bridgehead atoms. The molecule has 0 fully saturated rings. The van der Waals surface area contributed by atoms with Gasteiger partial charge >= 0.3 is 0 Å². The van der Waals surface area contributed by atoms with Gasteiger partial charge in [-0.1, -0.05) is 18.2 Å². The van der Waals surface area contributed by atoms with Gasteiger partial charge in [-0.2, -0.15) is 0 Å². The van der Waals surface area contributed by atoms with Crippen LogP contribution in [0.5, 0.6) is 0 Å². The molecule has 0 aliphatic rings. The molecule has 0 radical (unpaired) electrons.